The second-order valence-corrected chi connectivity index (χ2v) is 13.7. The summed E-state index contributed by atoms with van der Waals surface area (Å²) in [6, 6.07) is 11.8. The number of rotatable bonds is 1. The number of carboxylic acids is 1. The van der Waals surface area contributed by atoms with Crippen molar-refractivity contribution in [1.82, 2.24) is 4.90 Å². The highest BCUT2D eigenvalue weighted by Crippen LogP contribution is 2.52. The van der Waals surface area contributed by atoms with Crippen molar-refractivity contribution in [2.75, 3.05) is 38.2 Å². The molecule has 2 N–H and O–H groups in total. The van der Waals surface area contributed by atoms with Crippen LogP contribution in [0.25, 0.3) is 0 Å². The molecule has 2 aliphatic carbocycles. The summed E-state index contributed by atoms with van der Waals surface area (Å²) in [5.74, 6) is -1.35. The van der Waals surface area contributed by atoms with E-state index in [4.69, 9.17) is 16.3 Å². The number of aliphatic hydroxyl groups is 1. The van der Waals surface area contributed by atoms with E-state index in [1.54, 1.807) is 18.0 Å². The summed E-state index contributed by atoms with van der Waals surface area (Å²) in [5.41, 5.74) is 3.62. The molecule has 2 bridgehead atoms. The summed E-state index contributed by atoms with van der Waals surface area (Å²) in [6.07, 6.45) is 8.71. The van der Waals surface area contributed by atoms with E-state index in [2.05, 4.69) is 24.0 Å². The summed E-state index contributed by atoms with van der Waals surface area (Å²) in [6.45, 7) is 4.68. The van der Waals surface area contributed by atoms with E-state index < -0.39 is 18.0 Å². The Balaban J connectivity index is 1.46. The van der Waals surface area contributed by atoms with Gasteiger partial charge in [-0.1, -0.05) is 42.8 Å². The maximum absolute atomic E-state index is 13.1. The number of ether oxygens (including phenoxy) is 1. The number of halogens is 1. The topological polar surface area (TPSA) is 90.3 Å². The minimum absolute atomic E-state index is 0.108. The molecule has 8 heteroatoms. The molecule has 224 valence electrons. The van der Waals surface area contributed by atoms with Crippen LogP contribution in [-0.2, 0) is 21.4 Å². The van der Waals surface area contributed by atoms with Gasteiger partial charge in [0.25, 0.3) is 0 Å². The number of anilines is 1. The molecule has 0 radical (unpaired) electrons. The van der Waals surface area contributed by atoms with Gasteiger partial charge in [0, 0.05) is 43.5 Å². The number of nitrogens with zero attached hydrogens (tertiary/aromatic N) is 2. The second kappa shape index (κ2) is 11.2. The minimum Gasteiger partial charge on any atom is -0.490 e. The molecule has 42 heavy (non-hydrogen) atoms. The van der Waals surface area contributed by atoms with E-state index in [0.29, 0.717) is 38.2 Å². The molecule has 2 heterocycles. The standard InChI is InChI=1S/C34H41ClN2O5/c1-33-14-12-27(33)29(38)7-3-4-15-36(2)31(39)18-25(32(40)41)22-8-11-30-28(17-22)37(19-33)20-34(21-42-30)13-5-6-23-16-24(35)9-10-26(23)34/h3,7-11,16-17,25,27,29,38H,4-6,12-15,18-21H2,1-2H3,(H,40,41)/t25-,27+,29+,33?,34+/m1/s1. The van der Waals surface area contributed by atoms with E-state index in [-0.39, 0.29) is 29.1 Å². The third-order valence-electron chi connectivity index (χ3n) is 10.4. The summed E-state index contributed by atoms with van der Waals surface area (Å²) in [7, 11) is 1.71. The quantitative estimate of drug-likeness (QED) is 0.421. The first-order chi connectivity index (χ1) is 20.1. The normalized spacial score (nSPS) is 31.4. The number of carbonyl (C=O) groups excluding carboxylic acids is 1. The van der Waals surface area contributed by atoms with Crippen LogP contribution in [0.5, 0.6) is 5.75 Å². The Kier molecular flexibility index (Phi) is 7.77. The van der Waals surface area contributed by atoms with Gasteiger partial charge in [0.15, 0.2) is 0 Å². The van der Waals surface area contributed by atoms with Crippen molar-refractivity contribution in [1.29, 1.82) is 0 Å². The lowest BCUT2D eigenvalue weighted by molar-refractivity contribution is -0.142. The summed E-state index contributed by atoms with van der Waals surface area (Å²) in [5, 5.41) is 22.2. The molecular weight excluding hydrogens is 552 g/mol. The van der Waals surface area contributed by atoms with Gasteiger partial charge in [0.05, 0.1) is 24.3 Å². The van der Waals surface area contributed by atoms with E-state index in [0.717, 1.165) is 48.6 Å². The second-order valence-electron chi connectivity index (χ2n) is 13.2. The molecule has 1 unspecified atom stereocenters. The summed E-state index contributed by atoms with van der Waals surface area (Å²) < 4.78 is 6.60. The zero-order valence-electron chi connectivity index (χ0n) is 24.5. The summed E-state index contributed by atoms with van der Waals surface area (Å²) in [4.78, 5) is 29.5. The smallest absolute Gasteiger partial charge is 0.311 e. The van der Waals surface area contributed by atoms with Crippen LogP contribution in [-0.4, -0.2) is 66.4 Å². The molecule has 2 aliphatic heterocycles. The number of benzene rings is 2. The van der Waals surface area contributed by atoms with Crippen LogP contribution in [0.1, 0.15) is 68.1 Å². The number of aliphatic carboxylic acids is 1. The Morgan fingerprint density at radius 2 is 1.98 bits per heavy atom. The van der Waals surface area contributed by atoms with Gasteiger partial charge in [-0.3, -0.25) is 9.59 Å². The lowest BCUT2D eigenvalue weighted by Crippen LogP contribution is -2.54. The highest BCUT2D eigenvalue weighted by atomic mass is 35.5. The minimum atomic E-state index is -1.01. The Morgan fingerprint density at radius 3 is 2.74 bits per heavy atom. The zero-order valence-corrected chi connectivity index (χ0v) is 25.3. The molecule has 1 saturated carbocycles. The van der Waals surface area contributed by atoms with Crippen molar-refractivity contribution in [3.8, 4) is 5.75 Å². The molecule has 7 nitrogen and oxygen atoms in total. The monoisotopic (exact) mass is 592 g/mol. The predicted octanol–water partition coefficient (Wildman–Crippen LogP) is 5.57. The predicted molar refractivity (Wildman–Crippen MR) is 163 cm³/mol. The third kappa shape index (κ3) is 5.30. The van der Waals surface area contributed by atoms with E-state index in [1.807, 2.05) is 30.4 Å². The third-order valence-corrected chi connectivity index (χ3v) is 10.7. The van der Waals surface area contributed by atoms with Gasteiger partial charge < -0.3 is 24.7 Å². The molecule has 4 aliphatic rings. The van der Waals surface area contributed by atoms with Crippen LogP contribution in [0.2, 0.25) is 5.02 Å². The van der Waals surface area contributed by atoms with Gasteiger partial charge >= 0.3 is 5.97 Å². The number of fused-ring (bicyclic) bond motifs is 4. The van der Waals surface area contributed by atoms with Gasteiger partial charge in [-0.05, 0) is 90.8 Å². The molecule has 2 aromatic rings. The number of carboxylic acid groups (broad SMARTS) is 1. The fraction of sp³-hybridized carbons (Fsp3) is 0.529. The van der Waals surface area contributed by atoms with Crippen LogP contribution < -0.4 is 9.64 Å². The highest BCUT2D eigenvalue weighted by molar-refractivity contribution is 6.30. The van der Waals surface area contributed by atoms with Crippen LogP contribution in [0.15, 0.2) is 48.6 Å². The number of carbonyl (C=O) groups is 2. The molecule has 0 aromatic heterocycles. The van der Waals surface area contributed by atoms with E-state index >= 15 is 0 Å². The summed E-state index contributed by atoms with van der Waals surface area (Å²) >= 11 is 6.41. The van der Waals surface area contributed by atoms with Crippen LogP contribution in [0.3, 0.4) is 0 Å². The number of aryl methyl sites for hydroxylation is 1. The maximum atomic E-state index is 13.1. The SMILES string of the molecule is CN1CCC=C[C@H](O)[C@@H]2CCC2(C)CN2C[C@@]3(CCCc4cc(Cl)ccc43)COc3ccc(cc32)[C@H](C(=O)O)CC1=O. The first-order valence-corrected chi connectivity index (χ1v) is 15.6. The number of hydrogen-bond donors (Lipinski definition) is 2. The zero-order chi connectivity index (χ0) is 29.6. The molecule has 1 fully saturated rings. The molecule has 6 rings (SSSR count). The molecule has 0 saturated heterocycles. The van der Waals surface area contributed by atoms with Gasteiger partial charge in [0.1, 0.15) is 5.75 Å². The lowest BCUT2D eigenvalue weighted by Gasteiger charge is -2.52. The lowest BCUT2D eigenvalue weighted by atomic mass is 9.58. The van der Waals surface area contributed by atoms with Crippen molar-refractivity contribution < 1.29 is 24.5 Å². The first kappa shape index (κ1) is 29.1. The number of hydrogen-bond acceptors (Lipinski definition) is 5. The van der Waals surface area contributed by atoms with Crippen molar-refractivity contribution in [2.24, 2.45) is 11.3 Å². The Morgan fingerprint density at radius 1 is 1.14 bits per heavy atom. The molecule has 1 spiro atoms. The average Bonchev–Trinajstić information content (AvgIpc) is 3.09. The van der Waals surface area contributed by atoms with Gasteiger partial charge in [-0.15, -0.1) is 0 Å². The molecule has 5 atom stereocenters. The fourth-order valence-corrected chi connectivity index (χ4v) is 7.98. The molecule has 2 aromatic carbocycles. The Hall–Kier alpha value is -3.03. The van der Waals surface area contributed by atoms with Crippen LogP contribution in [0.4, 0.5) is 5.69 Å². The van der Waals surface area contributed by atoms with E-state index in [1.165, 1.54) is 11.1 Å². The Labute approximate surface area is 253 Å². The average molecular weight is 593 g/mol. The van der Waals surface area contributed by atoms with Gasteiger partial charge in [0.2, 0.25) is 5.91 Å². The largest absolute Gasteiger partial charge is 0.490 e. The van der Waals surface area contributed by atoms with Crippen molar-refractivity contribution >= 4 is 29.2 Å². The van der Waals surface area contributed by atoms with Crippen molar-refractivity contribution in [2.45, 2.75) is 69.3 Å². The van der Waals surface area contributed by atoms with Gasteiger partial charge in [-0.25, -0.2) is 0 Å². The fourth-order valence-electron chi connectivity index (χ4n) is 7.79. The number of amides is 1. The Bertz CT molecular complexity index is 1410. The molecule has 1 amide bonds. The van der Waals surface area contributed by atoms with Crippen molar-refractivity contribution in [3.05, 3.63) is 70.3 Å². The number of aliphatic hydroxyl groups excluding tert-OH is 1. The van der Waals surface area contributed by atoms with Crippen LogP contribution in [0, 0.1) is 11.3 Å². The van der Waals surface area contributed by atoms with E-state index in [9.17, 15) is 19.8 Å². The van der Waals surface area contributed by atoms with Crippen LogP contribution >= 0.6 is 11.6 Å². The maximum Gasteiger partial charge on any atom is 0.311 e. The highest BCUT2D eigenvalue weighted by Gasteiger charge is 2.49. The van der Waals surface area contributed by atoms with Crippen molar-refractivity contribution in [3.63, 3.8) is 0 Å². The van der Waals surface area contributed by atoms with Gasteiger partial charge in [-0.2, -0.15) is 0 Å². The first-order valence-electron chi connectivity index (χ1n) is 15.2. The molecular formula is C34H41ClN2O5.